The van der Waals surface area contributed by atoms with Crippen molar-refractivity contribution >= 4 is 31.2 Å². The first kappa shape index (κ1) is 57.7. The Balaban J connectivity index is -0.0000000129. The molecule has 8 N–H and O–H groups in total. The fourth-order valence-electron chi connectivity index (χ4n) is 0. The van der Waals surface area contributed by atoms with E-state index in [1.165, 1.54) is 0 Å². The van der Waals surface area contributed by atoms with Gasteiger partial charge in [-0.1, -0.05) is 0 Å². The molecule has 140 valence electrons. The van der Waals surface area contributed by atoms with Crippen molar-refractivity contribution < 1.29 is 113 Å². The molecule has 0 aromatic heterocycles. The smallest absolute Gasteiger partial charge is 0.759 e. The zero-order valence-electron chi connectivity index (χ0n) is 8.79. The van der Waals surface area contributed by atoms with Gasteiger partial charge in [-0.15, -0.1) is 0 Å². The molecule has 0 rings (SSSR count). The first-order valence-electron chi connectivity index (χ1n) is 2.00. The summed E-state index contributed by atoms with van der Waals surface area (Å²) in [6, 6.07) is 0. The van der Waals surface area contributed by atoms with Crippen LogP contribution in [0.1, 0.15) is 0 Å². The molecule has 16 nitrogen and oxygen atoms in total. The van der Waals surface area contributed by atoms with Crippen LogP contribution in [-0.2, 0) is 70.2 Å². The third kappa shape index (κ3) is 14900. The minimum Gasteiger partial charge on any atom is -0.759 e. The van der Waals surface area contributed by atoms with Gasteiger partial charge in [0.1, 0.15) is 0 Å². The first-order chi connectivity index (χ1) is 6.00. The first-order valence-corrected chi connectivity index (χ1v) is 6.00. The molecular weight excluding hydrogens is 558 g/mol. The SMILES string of the molecule is O.O.O.O.O=S(=O)([O-])[O-].O=S(=O)([O-])[O-].O=S(=O)([O-])[O-].[Rh+3].[Rh+3]. The second kappa shape index (κ2) is 23.0. The average molecular weight is 566 g/mol. The van der Waals surface area contributed by atoms with Crippen molar-refractivity contribution in [1.82, 2.24) is 0 Å². The molecular formula is H8O16Rh2S3. The Morgan fingerprint density at radius 2 is 0.381 bits per heavy atom. The Bertz CT molecular complexity index is 342. The van der Waals surface area contributed by atoms with Gasteiger partial charge in [-0.2, -0.15) is 0 Å². The summed E-state index contributed by atoms with van der Waals surface area (Å²) in [5.74, 6) is 0. The van der Waals surface area contributed by atoms with E-state index in [9.17, 15) is 0 Å². The van der Waals surface area contributed by atoms with E-state index in [4.69, 9.17) is 52.6 Å². The maximum atomic E-state index is 8.52. The van der Waals surface area contributed by atoms with Crippen LogP contribution in [-0.4, -0.2) is 74.5 Å². The largest absolute Gasteiger partial charge is 3.00 e. The topological polar surface area (TPSA) is 367 Å². The van der Waals surface area contributed by atoms with Gasteiger partial charge in [-0.05, 0) is 0 Å². The Kier molecular flexibility index (Phi) is 63.1. The Morgan fingerprint density at radius 1 is 0.381 bits per heavy atom. The Hall–Kier alpha value is 0.697. The molecule has 0 saturated heterocycles. The molecule has 0 saturated carbocycles. The van der Waals surface area contributed by atoms with Gasteiger partial charge in [0.15, 0.2) is 0 Å². The van der Waals surface area contributed by atoms with Crippen molar-refractivity contribution in [2.75, 3.05) is 0 Å². The number of hydrogen-bond donors (Lipinski definition) is 0. The van der Waals surface area contributed by atoms with Gasteiger partial charge in [0.05, 0.1) is 0 Å². The zero-order valence-corrected chi connectivity index (χ0v) is 14.5. The molecule has 0 fully saturated rings. The Morgan fingerprint density at radius 3 is 0.381 bits per heavy atom. The number of rotatable bonds is 0. The van der Waals surface area contributed by atoms with Crippen LogP contribution in [0.25, 0.3) is 0 Å². The fourth-order valence-corrected chi connectivity index (χ4v) is 0. The third-order valence-electron chi connectivity index (χ3n) is 0. The van der Waals surface area contributed by atoms with E-state index in [2.05, 4.69) is 0 Å². The second-order valence-corrected chi connectivity index (χ2v) is 3.67. The molecule has 0 aromatic rings. The summed E-state index contributed by atoms with van der Waals surface area (Å²) in [4.78, 5) is 0. The van der Waals surface area contributed by atoms with Crippen LogP contribution >= 0.6 is 0 Å². The van der Waals surface area contributed by atoms with Crippen LogP contribution < -0.4 is 0 Å². The van der Waals surface area contributed by atoms with Crippen LogP contribution in [0.5, 0.6) is 0 Å². The van der Waals surface area contributed by atoms with E-state index < -0.39 is 31.2 Å². The average Bonchev–Trinajstić information content (AvgIpc) is 1.41. The molecule has 21 heavy (non-hydrogen) atoms. The number of hydrogen-bond acceptors (Lipinski definition) is 12. The summed E-state index contributed by atoms with van der Waals surface area (Å²) in [6.45, 7) is 0. The summed E-state index contributed by atoms with van der Waals surface area (Å²) in [5.41, 5.74) is 0. The molecule has 0 unspecified atom stereocenters. The molecule has 0 aliphatic heterocycles. The Labute approximate surface area is 144 Å². The van der Waals surface area contributed by atoms with E-state index in [-0.39, 0.29) is 60.9 Å². The van der Waals surface area contributed by atoms with Crippen molar-refractivity contribution in [3.63, 3.8) is 0 Å². The van der Waals surface area contributed by atoms with Crippen LogP contribution in [0, 0.1) is 0 Å². The monoisotopic (exact) mass is 566 g/mol. The maximum Gasteiger partial charge on any atom is 3.00 e. The van der Waals surface area contributed by atoms with Crippen LogP contribution in [0.2, 0.25) is 0 Å². The molecule has 0 spiro atoms. The van der Waals surface area contributed by atoms with E-state index in [0.717, 1.165) is 0 Å². The molecule has 0 radical (unpaired) electrons. The predicted molar refractivity (Wildman–Crippen MR) is 45.9 cm³/mol. The van der Waals surface area contributed by atoms with Gasteiger partial charge >= 0.3 is 39.0 Å². The molecule has 21 heteroatoms. The van der Waals surface area contributed by atoms with E-state index >= 15 is 0 Å². The van der Waals surface area contributed by atoms with E-state index in [0.29, 0.717) is 0 Å². The van der Waals surface area contributed by atoms with Crippen molar-refractivity contribution in [3.05, 3.63) is 0 Å². The molecule has 0 aliphatic carbocycles. The molecule has 0 atom stereocenters. The van der Waals surface area contributed by atoms with Crippen molar-refractivity contribution in [1.29, 1.82) is 0 Å². The summed E-state index contributed by atoms with van der Waals surface area (Å²) < 4.78 is 102. The standard InChI is InChI=1S/3H2O4S.4H2O.2Rh/c3*1-5(2,3)4;;;;;;/h3*(H2,1,2,3,4);4*1H2;;/q;;;;;;;2*+3/p-6. The normalized spacial score (nSPS) is 8.29. The van der Waals surface area contributed by atoms with Crippen molar-refractivity contribution in [3.8, 4) is 0 Å². The van der Waals surface area contributed by atoms with Crippen LogP contribution in [0.15, 0.2) is 0 Å². The zero-order chi connectivity index (χ0) is 13.5. The van der Waals surface area contributed by atoms with Crippen LogP contribution in [0.3, 0.4) is 0 Å². The predicted octanol–water partition coefficient (Wildman–Crippen LogP) is -7.32. The minimum atomic E-state index is -5.17. The fraction of sp³-hybridized carbons (Fsp3) is 0. The van der Waals surface area contributed by atoms with Gasteiger partial charge in [-0.25, -0.2) is 0 Å². The van der Waals surface area contributed by atoms with E-state index in [1.807, 2.05) is 0 Å². The second-order valence-electron chi connectivity index (χ2n) is 1.22. The molecule has 0 amide bonds. The quantitative estimate of drug-likeness (QED) is 0.150. The van der Waals surface area contributed by atoms with Crippen LogP contribution in [0.4, 0.5) is 0 Å². The summed E-state index contributed by atoms with van der Waals surface area (Å²) in [6.07, 6.45) is 0. The minimum absolute atomic E-state index is 0. The molecule has 0 heterocycles. The molecule has 0 bridgehead atoms. The third-order valence-corrected chi connectivity index (χ3v) is 0. The summed E-state index contributed by atoms with van der Waals surface area (Å²) in [7, 11) is -15.5. The summed E-state index contributed by atoms with van der Waals surface area (Å²) >= 11 is 0. The van der Waals surface area contributed by atoms with Crippen molar-refractivity contribution in [2.24, 2.45) is 0 Å². The molecule has 0 aromatic carbocycles. The van der Waals surface area contributed by atoms with Crippen molar-refractivity contribution in [2.45, 2.75) is 0 Å². The maximum absolute atomic E-state index is 8.52. The van der Waals surface area contributed by atoms with Gasteiger partial charge in [-0.3, -0.25) is 25.3 Å². The molecule has 0 aliphatic rings. The van der Waals surface area contributed by atoms with E-state index in [1.54, 1.807) is 0 Å². The van der Waals surface area contributed by atoms with Gasteiger partial charge in [0, 0.05) is 31.2 Å². The van der Waals surface area contributed by atoms with Gasteiger partial charge in [0.2, 0.25) is 0 Å². The van der Waals surface area contributed by atoms with Gasteiger partial charge < -0.3 is 49.2 Å². The van der Waals surface area contributed by atoms with Gasteiger partial charge in [0.25, 0.3) is 0 Å². The summed E-state index contributed by atoms with van der Waals surface area (Å²) in [5, 5.41) is 0.